The molecule has 0 rings (SSSR count). The van der Waals surface area contributed by atoms with Gasteiger partial charge in [0.25, 0.3) is 0 Å². The van der Waals surface area contributed by atoms with Crippen LogP contribution >= 0.6 is 72.3 Å². The Morgan fingerprint density at radius 1 is 1.06 bits per heavy atom. The molecular weight excluding hydrogens is 643 g/mol. The quantitative estimate of drug-likeness (QED) is 0.135. The zero-order valence-electron chi connectivity index (χ0n) is 6.46. The number of hydrogen-bond acceptors (Lipinski definition) is 5. The minimum absolute atomic E-state index is 1.68. The summed E-state index contributed by atoms with van der Waals surface area (Å²) in [5, 5.41) is 20.5. The Hall–Kier alpha value is 1.33. The van der Waals surface area contributed by atoms with Gasteiger partial charge in [-0.3, -0.25) is 0 Å². The molecule has 0 spiro atoms. The summed E-state index contributed by atoms with van der Waals surface area (Å²) < 4.78 is 20.8. The molecule has 0 aliphatic carbocycles. The van der Waals surface area contributed by atoms with Crippen LogP contribution in [-0.2, 0) is 0 Å². The van der Waals surface area contributed by atoms with Gasteiger partial charge in [0.05, 0.1) is 0 Å². The average Bonchev–Trinajstić information content (AvgIpc) is 2.00. The summed E-state index contributed by atoms with van der Waals surface area (Å²) in [6, 6.07) is 0. The van der Waals surface area contributed by atoms with E-state index in [1.165, 1.54) is 0 Å². The molecule has 0 aromatic heterocycles. The maximum atomic E-state index is 13.6. The van der Waals surface area contributed by atoms with E-state index in [1.54, 1.807) is 25.4 Å². The van der Waals surface area contributed by atoms with Crippen LogP contribution in [0.3, 0.4) is 0 Å². The summed E-state index contributed by atoms with van der Waals surface area (Å²) in [5.41, 5.74) is 0. The van der Waals surface area contributed by atoms with Crippen LogP contribution in [0.15, 0.2) is 0 Å². The molecule has 16 heavy (non-hydrogen) atoms. The van der Waals surface area contributed by atoms with E-state index in [0.29, 0.717) is 0 Å². The Bertz CT molecular complexity index is 365. The van der Waals surface area contributed by atoms with E-state index in [2.05, 4.69) is 0 Å². The molecule has 0 aromatic rings. The predicted molar refractivity (Wildman–Crippen MR) is 79.2 cm³/mol. The first-order valence-electron chi connectivity index (χ1n) is 2.51. The summed E-state index contributed by atoms with van der Waals surface area (Å²) in [6.45, 7) is 0. The molecule has 0 unspecified atom stereocenters. The van der Waals surface area contributed by atoms with E-state index in [9.17, 15) is 30.7 Å². The molecule has 100 valence electrons. The van der Waals surface area contributed by atoms with Crippen LogP contribution in [0, 0.1) is 20.2 Å². The van der Waals surface area contributed by atoms with Gasteiger partial charge >= 0.3 is 111 Å². The second-order valence-corrected chi connectivity index (χ2v) is 41.3. The minimum atomic E-state index is -7.34. The first-order valence-corrected chi connectivity index (χ1v) is 23.4. The standard InChI is InChI=1S/CBr2Cl2F2I2N2O5/c2-8(4,6,10(13)14)1(12)9(3,5,7)11(15)16. The van der Waals surface area contributed by atoms with E-state index >= 15 is 0 Å². The number of carbonyl (C=O) groups excluding carboxylic acids is 1. The zero-order valence-corrected chi connectivity index (χ0v) is 15.5. The maximum absolute atomic E-state index is 13.6. The molecule has 15 heteroatoms. The van der Waals surface area contributed by atoms with Gasteiger partial charge in [0.2, 0.25) is 0 Å². The van der Waals surface area contributed by atoms with Crippen molar-refractivity contribution in [3.05, 3.63) is 20.2 Å². The van der Waals surface area contributed by atoms with Crippen molar-refractivity contribution in [3.8, 4) is 0 Å². The van der Waals surface area contributed by atoms with Crippen LogP contribution < -0.4 is 0 Å². The molecule has 0 aliphatic rings. The Balaban J connectivity index is 5.94. The molecular formula is CBr2Cl2F2I2N2O5. The van der Waals surface area contributed by atoms with E-state index in [-0.39, 0.29) is 0 Å². The van der Waals surface area contributed by atoms with Crippen molar-refractivity contribution < 1.29 is 16.8 Å². The number of rotatable bonds is 4. The Labute approximate surface area is 109 Å². The van der Waals surface area contributed by atoms with Crippen molar-refractivity contribution in [3.63, 3.8) is 0 Å². The fourth-order valence-corrected chi connectivity index (χ4v) is 52.2. The van der Waals surface area contributed by atoms with Gasteiger partial charge in [-0.15, -0.1) is 0 Å². The van der Waals surface area contributed by atoms with Crippen LogP contribution in [0.2, 0.25) is 0 Å². The van der Waals surface area contributed by atoms with Crippen molar-refractivity contribution in [1.82, 2.24) is 0 Å². The van der Waals surface area contributed by atoms with Crippen LogP contribution in [-0.4, -0.2) is 8.07 Å². The summed E-state index contributed by atoms with van der Waals surface area (Å²) in [7, 11) is 9.54. The molecule has 0 fully saturated rings. The fraction of sp³-hybridized carbons (Fsp3) is 0. The van der Waals surface area contributed by atoms with Crippen molar-refractivity contribution in [2.45, 2.75) is 0 Å². The van der Waals surface area contributed by atoms with Gasteiger partial charge in [0.15, 0.2) is 0 Å². The first-order chi connectivity index (χ1) is 6.60. The van der Waals surface area contributed by atoms with Crippen LogP contribution in [0.1, 0.15) is 0 Å². The SMILES string of the molecule is O=C(I(F)(Cl)(Br)[N+](=O)[O-])I(F)(Cl)(Br)[N+](=O)[O-]. The van der Waals surface area contributed by atoms with Crippen LogP contribution in [0.4, 0.5) is 10.5 Å². The van der Waals surface area contributed by atoms with Crippen LogP contribution in [0.5, 0.6) is 0 Å². The molecule has 0 aromatic carbocycles. The monoisotopic (exact) mass is 640 g/mol. The topological polar surface area (TPSA) is 103 Å². The normalized spacial score (nSPS) is 17.6. The third-order valence-corrected chi connectivity index (χ3v) is 36.6. The molecule has 7 nitrogen and oxygen atoms in total. The fourth-order valence-electron chi connectivity index (χ4n) is 0.287. The number of nitrogens with zero attached hydrogens (tertiary/aromatic N) is 2. The Kier molecular flexibility index (Phi) is 4.52. The van der Waals surface area contributed by atoms with Gasteiger partial charge in [0, 0.05) is 0 Å². The van der Waals surface area contributed by atoms with Gasteiger partial charge in [-0.2, -0.15) is 0 Å². The molecule has 0 bridgehead atoms. The second kappa shape index (κ2) is 4.17. The van der Waals surface area contributed by atoms with E-state index in [4.69, 9.17) is 17.8 Å². The number of halogens is 8. The van der Waals surface area contributed by atoms with Gasteiger partial charge in [-0.05, 0) is 0 Å². The molecule has 0 saturated carbocycles. The second-order valence-electron chi connectivity index (χ2n) is 1.96. The summed E-state index contributed by atoms with van der Waals surface area (Å²) in [6.07, 6.45) is 0. The van der Waals surface area contributed by atoms with Gasteiger partial charge in [-0.1, -0.05) is 0 Å². The molecule has 0 radical (unpaired) electrons. The predicted octanol–water partition coefficient (Wildman–Crippen LogP) is 5.34. The molecule has 0 N–H and O–H groups in total. The number of carbonyl (C=O) groups is 1. The number of hydrogen-bond donors (Lipinski definition) is 0. The molecule has 0 heterocycles. The molecule has 0 saturated heterocycles. The van der Waals surface area contributed by atoms with Crippen molar-refractivity contribution in [1.29, 1.82) is 0 Å². The number of nitro groups is 2. The molecule has 0 atom stereocenters. The third-order valence-electron chi connectivity index (χ3n) is 0.921. The summed E-state index contributed by atoms with van der Waals surface area (Å²) >= 11 is -11.3. The zero-order chi connectivity index (χ0) is 13.6. The van der Waals surface area contributed by atoms with Crippen molar-refractivity contribution in [2.75, 3.05) is 0 Å². The third kappa shape index (κ3) is 2.83. The Morgan fingerprint density at radius 2 is 1.25 bits per heavy atom. The van der Waals surface area contributed by atoms with Gasteiger partial charge in [-0.25, -0.2) is 0 Å². The molecule has 0 amide bonds. The Morgan fingerprint density at radius 3 is 1.38 bits per heavy atom. The average molecular weight is 643 g/mol. The van der Waals surface area contributed by atoms with Crippen LogP contribution in [0.25, 0.3) is 0 Å². The van der Waals surface area contributed by atoms with E-state index in [1.807, 2.05) is 0 Å². The van der Waals surface area contributed by atoms with Crippen molar-refractivity contribution >= 4 is 74.1 Å². The van der Waals surface area contributed by atoms with E-state index in [0.717, 1.165) is 0 Å². The molecule has 0 aliphatic heterocycles. The van der Waals surface area contributed by atoms with E-state index < -0.39 is 37.2 Å². The van der Waals surface area contributed by atoms with Gasteiger partial charge < -0.3 is 0 Å². The van der Waals surface area contributed by atoms with Crippen molar-refractivity contribution in [2.24, 2.45) is 0 Å². The summed E-state index contributed by atoms with van der Waals surface area (Å²) in [5.74, 6) is 0. The van der Waals surface area contributed by atoms with Gasteiger partial charge in [0.1, 0.15) is 0 Å². The first kappa shape index (κ1) is 17.3. The summed E-state index contributed by atoms with van der Waals surface area (Å²) in [4.78, 5) is 31.7.